The molecule has 0 saturated carbocycles. The van der Waals surface area contributed by atoms with Gasteiger partial charge in [-0.05, 0) is 12.1 Å². The van der Waals surface area contributed by atoms with E-state index in [1.165, 1.54) is 25.1 Å². The van der Waals surface area contributed by atoms with E-state index in [9.17, 15) is 24.3 Å². The van der Waals surface area contributed by atoms with E-state index in [4.69, 9.17) is 14.9 Å². The van der Waals surface area contributed by atoms with Crippen molar-refractivity contribution in [3.05, 3.63) is 35.4 Å². The average Bonchev–Trinajstić information content (AvgIpc) is 3.15. The Bertz CT molecular complexity index is 852. The monoisotopic (exact) mass is 411 g/mol. The Morgan fingerprint density at radius 2 is 2.25 bits per heavy atom. The normalized spacial score (nSPS) is 23.7. The molecule has 11 nitrogen and oxygen atoms in total. The van der Waals surface area contributed by atoms with E-state index in [2.05, 4.69) is 10.1 Å². The number of carboxylic acids is 1. The van der Waals surface area contributed by atoms with Crippen molar-refractivity contribution < 1.29 is 38.2 Å². The highest BCUT2D eigenvalue weighted by Crippen LogP contribution is 2.46. The van der Waals surface area contributed by atoms with E-state index < -0.39 is 35.0 Å². The number of carbonyl (C=O) groups excluding carboxylic acids is 3. The zero-order valence-electron chi connectivity index (χ0n) is 14.7. The van der Waals surface area contributed by atoms with Gasteiger partial charge >= 0.3 is 12.1 Å². The Morgan fingerprint density at radius 1 is 1.50 bits per heavy atom. The van der Waals surface area contributed by atoms with Crippen molar-refractivity contribution in [2.45, 2.75) is 17.5 Å². The van der Waals surface area contributed by atoms with Gasteiger partial charge in [-0.2, -0.15) is 0 Å². The number of furan rings is 1. The number of amides is 3. The van der Waals surface area contributed by atoms with Crippen LogP contribution in [-0.4, -0.2) is 64.5 Å². The van der Waals surface area contributed by atoms with Crippen LogP contribution in [0.3, 0.4) is 0 Å². The number of fused-ring (bicyclic) bond motifs is 1. The van der Waals surface area contributed by atoms with Crippen LogP contribution in [0.15, 0.2) is 34.1 Å². The first-order valence-electron chi connectivity index (χ1n) is 8.01. The number of β-lactam (4-membered cyclic amide) rings is 1. The number of hydrogen-bond donors (Lipinski definition) is 3. The van der Waals surface area contributed by atoms with Crippen LogP contribution < -0.4 is 11.1 Å². The van der Waals surface area contributed by atoms with Crippen molar-refractivity contribution >= 4 is 35.6 Å². The van der Waals surface area contributed by atoms with Gasteiger partial charge in [0, 0.05) is 18.4 Å². The number of rotatable bonds is 7. The highest BCUT2D eigenvalue weighted by molar-refractivity contribution is 8.00. The fraction of sp³-hybridized carbons (Fsp3) is 0.375. The zero-order chi connectivity index (χ0) is 20.5. The molecule has 150 valence electrons. The number of aliphatic carboxylic acids is 1. The lowest BCUT2D eigenvalue weighted by Crippen LogP contribution is -2.80. The number of nitrogens with one attached hydrogen (secondary N) is 1. The maximum atomic E-state index is 12.8. The Kier molecular flexibility index (Phi) is 5.34. The van der Waals surface area contributed by atoms with Crippen LogP contribution in [0.5, 0.6) is 0 Å². The van der Waals surface area contributed by atoms with Crippen LogP contribution >= 0.6 is 11.8 Å². The maximum absolute atomic E-state index is 12.8. The summed E-state index contributed by atoms with van der Waals surface area (Å²) >= 11 is 1.17. The Balaban J connectivity index is 1.81. The molecule has 0 spiro atoms. The summed E-state index contributed by atoms with van der Waals surface area (Å²) < 4.78 is 15.1. The molecule has 0 aliphatic carbocycles. The fourth-order valence-electron chi connectivity index (χ4n) is 3.04. The van der Waals surface area contributed by atoms with Gasteiger partial charge in [-0.25, -0.2) is 9.59 Å². The van der Waals surface area contributed by atoms with Crippen LogP contribution in [0.25, 0.3) is 0 Å². The summed E-state index contributed by atoms with van der Waals surface area (Å²) in [4.78, 5) is 48.7. The molecular formula is C16H17N3O8S. The lowest BCUT2D eigenvalue weighted by atomic mass is 9.98. The summed E-state index contributed by atoms with van der Waals surface area (Å²) in [7, 11) is 1.25. The van der Waals surface area contributed by atoms with Crippen molar-refractivity contribution in [3.63, 3.8) is 0 Å². The van der Waals surface area contributed by atoms with Crippen molar-refractivity contribution in [1.82, 2.24) is 10.2 Å². The molecule has 0 bridgehead atoms. The van der Waals surface area contributed by atoms with E-state index in [0.29, 0.717) is 5.76 Å². The minimum atomic E-state index is -1.70. The van der Waals surface area contributed by atoms with Crippen LogP contribution in [-0.2, 0) is 30.3 Å². The molecule has 3 rings (SSSR count). The second-order valence-electron chi connectivity index (χ2n) is 5.95. The van der Waals surface area contributed by atoms with Crippen molar-refractivity contribution in [3.8, 4) is 0 Å². The molecule has 2 atom stereocenters. The molecule has 4 N–H and O–H groups in total. The first kappa shape index (κ1) is 19.8. The molecule has 1 unspecified atom stereocenters. The third-order valence-electron chi connectivity index (χ3n) is 4.26. The maximum Gasteiger partial charge on any atom is 0.404 e. The van der Waals surface area contributed by atoms with Gasteiger partial charge in [0.05, 0.1) is 12.7 Å². The Morgan fingerprint density at radius 3 is 2.82 bits per heavy atom. The number of carbonyl (C=O) groups is 4. The predicted molar refractivity (Wildman–Crippen MR) is 93.6 cm³/mol. The Hall–Kier alpha value is -2.99. The van der Waals surface area contributed by atoms with E-state index in [0.717, 1.165) is 4.90 Å². The number of nitrogens with two attached hydrogens (primary N) is 1. The number of nitrogens with zero attached hydrogens (tertiary/aromatic N) is 1. The van der Waals surface area contributed by atoms with E-state index >= 15 is 0 Å². The SMILES string of the molecule is COC1(NC(=O)Cc2ccco2)C(=O)N2C(C(=O)O)=C(COC(N)=O)CS[C@H]21. The van der Waals surface area contributed by atoms with Crippen LogP contribution in [0, 0.1) is 0 Å². The molecule has 1 aromatic heterocycles. The van der Waals surface area contributed by atoms with Gasteiger partial charge in [0.2, 0.25) is 5.91 Å². The van der Waals surface area contributed by atoms with Crippen molar-refractivity contribution in [2.75, 3.05) is 19.5 Å². The predicted octanol–water partition coefficient (Wildman–Crippen LogP) is -0.370. The molecule has 3 heterocycles. The summed E-state index contributed by atoms with van der Waals surface area (Å²) in [5.74, 6) is -2.08. The largest absolute Gasteiger partial charge is 0.477 e. The van der Waals surface area contributed by atoms with Crippen LogP contribution in [0.1, 0.15) is 5.76 Å². The van der Waals surface area contributed by atoms with Crippen molar-refractivity contribution in [1.29, 1.82) is 0 Å². The molecule has 1 aromatic rings. The van der Waals surface area contributed by atoms with Gasteiger partial charge in [-0.15, -0.1) is 11.8 Å². The highest BCUT2D eigenvalue weighted by atomic mass is 32.2. The van der Waals surface area contributed by atoms with Crippen molar-refractivity contribution in [2.24, 2.45) is 5.73 Å². The van der Waals surface area contributed by atoms with Crippen LogP contribution in [0.4, 0.5) is 4.79 Å². The van der Waals surface area contributed by atoms with E-state index in [-0.39, 0.29) is 30.1 Å². The average molecular weight is 411 g/mol. The summed E-state index contributed by atoms with van der Waals surface area (Å²) in [5, 5.41) is 11.3. The minimum Gasteiger partial charge on any atom is -0.477 e. The molecule has 1 fully saturated rings. The van der Waals surface area contributed by atoms with E-state index in [1.807, 2.05) is 0 Å². The molecule has 2 aliphatic heterocycles. The number of hydrogen-bond acceptors (Lipinski definition) is 8. The van der Waals surface area contributed by atoms with Crippen LogP contribution in [0.2, 0.25) is 0 Å². The number of ether oxygens (including phenoxy) is 2. The molecule has 1 saturated heterocycles. The van der Waals surface area contributed by atoms with Gasteiger partial charge in [-0.3, -0.25) is 14.5 Å². The second-order valence-corrected chi connectivity index (χ2v) is 7.02. The fourth-order valence-corrected chi connectivity index (χ4v) is 4.46. The first-order chi connectivity index (χ1) is 13.3. The summed E-state index contributed by atoms with van der Waals surface area (Å²) in [6.07, 6.45) is 0.250. The summed E-state index contributed by atoms with van der Waals surface area (Å²) in [6.45, 7) is -0.356. The molecular weight excluding hydrogens is 394 g/mol. The summed E-state index contributed by atoms with van der Waals surface area (Å²) in [6, 6.07) is 3.24. The smallest absolute Gasteiger partial charge is 0.404 e. The number of methoxy groups -OCH3 is 1. The van der Waals surface area contributed by atoms with Gasteiger partial charge in [0.25, 0.3) is 11.6 Å². The zero-order valence-corrected chi connectivity index (χ0v) is 15.5. The standard InChI is InChI=1S/C16H17N3O8S/c1-25-16(18-10(20)5-9-3-2-4-26-9)13(23)19-11(12(21)22)8(6-27-15(17)24)7-28-14(16)19/h2-4,14H,5-7H2,1H3,(H2,17,24)(H,18,20)(H,21,22)/t14-,16?/m0/s1. The minimum absolute atomic E-state index is 0.109. The second kappa shape index (κ2) is 7.56. The molecule has 28 heavy (non-hydrogen) atoms. The third kappa shape index (κ3) is 3.31. The topological polar surface area (TPSA) is 161 Å². The molecule has 0 aromatic carbocycles. The number of primary amides is 1. The highest BCUT2D eigenvalue weighted by Gasteiger charge is 2.66. The van der Waals surface area contributed by atoms with Gasteiger partial charge in [0.1, 0.15) is 23.4 Å². The van der Waals surface area contributed by atoms with E-state index in [1.54, 1.807) is 12.1 Å². The summed E-state index contributed by atoms with van der Waals surface area (Å²) in [5.41, 5.74) is 3.11. The third-order valence-corrected chi connectivity index (χ3v) is 5.64. The lowest BCUT2D eigenvalue weighted by Gasteiger charge is -2.55. The Labute approximate surface area is 162 Å². The number of thioether (sulfide) groups is 1. The van der Waals surface area contributed by atoms with Gasteiger partial charge in [0.15, 0.2) is 0 Å². The number of carboxylic acid groups (broad SMARTS) is 1. The molecule has 3 amide bonds. The van der Waals surface area contributed by atoms with Gasteiger partial charge < -0.3 is 30.0 Å². The molecule has 0 radical (unpaired) electrons. The quantitative estimate of drug-likeness (QED) is 0.401. The first-order valence-corrected chi connectivity index (χ1v) is 9.06. The van der Waals surface area contributed by atoms with Gasteiger partial charge in [-0.1, -0.05) is 0 Å². The molecule has 2 aliphatic rings. The lowest BCUT2D eigenvalue weighted by molar-refractivity contribution is -0.192. The molecule has 12 heteroatoms.